The number of nitrogens with one attached hydrogen (secondary N) is 1. The lowest BCUT2D eigenvalue weighted by atomic mass is 10.0. The second-order valence-electron chi connectivity index (χ2n) is 5.95. The first-order valence-corrected chi connectivity index (χ1v) is 7.61. The van der Waals surface area contributed by atoms with Crippen LogP contribution in [0.3, 0.4) is 0 Å². The normalized spacial score (nSPS) is 31.1. The fraction of sp³-hybridized carbons (Fsp3) is 0.929. The van der Waals surface area contributed by atoms with Gasteiger partial charge in [0.15, 0.2) is 0 Å². The summed E-state index contributed by atoms with van der Waals surface area (Å²) in [5.74, 6) is 0.354. The van der Waals surface area contributed by atoms with Gasteiger partial charge in [0, 0.05) is 19.1 Å². The zero-order valence-corrected chi connectivity index (χ0v) is 11.2. The lowest BCUT2D eigenvalue weighted by Gasteiger charge is -2.37. The number of likely N-dealkylation sites (tertiary alicyclic amines) is 2. The van der Waals surface area contributed by atoms with E-state index in [4.69, 9.17) is 0 Å². The Kier molecular flexibility index (Phi) is 3.85. The van der Waals surface area contributed by atoms with Gasteiger partial charge in [0.1, 0.15) is 0 Å². The van der Waals surface area contributed by atoms with Gasteiger partial charge in [-0.05, 0) is 58.2 Å². The molecule has 102 valence electrons. The van der Waals surface area contributed by atoms with E-state index in [0.717, 1.165) is 38.5 Å². The molecule has 18 heavy (non-hydrogen) atoms. The van der Waals surface area contributed by atoms with E-state index in [1.165, 1.54) is 38.8 Å². The summed E-state index contributed by atoms with van der Waals surface area (Å²) in [4.78, 5) is 17.0. The third-order valence-electron chi connectivity index (χ3n) is 4.79. The largest absolute Gasteiger partial charge is 0.341 e. The van der Waals surface area contributed by atoms with Crippen molar-refractivity contribution in [1.82, 2.24) is 15.1 Å². The summed E-state index contributed by atoms with van der Waals surface area (Å²) in [7, 11) is 0. The van der Waals surface area contributed by atoms with Crippen molar-refractivity contribution in [3.05, 3.63) is 0 Å². The molecule has 3 fully saturated rings. The van der Waals surface area contributed by atoms with Gasteiger partial charge < -0.3 is 15.1 Å². The highest BCUT2D eigenvalue weighted by Gasteiger charge is 2.31. The van der Waals surface area contributed by atoms with E-state index < -0.39 is 0 Å². The van der Waals surface area contributed by atoms with Crippen LogP contribution in [0, 0.1) is 0 Å². The molecule has 4 nitrogen and oxygen atoms in total. The van der Waals surface area contributed by atoms with E-state index >= 15 is 0 Å². The van der Waals surface area contributed by atoms with Crippen LogP contribution in [0.15, 0.2) is 0 Å². The molecule has 0 aliphatic carbocycles. The molecule has 3 aliphatic heterocycles. The predicted octanol–water partition coefficient (Wildman–Crippen LogP) is 0.825. The summed E-state index contributed by atoms with van der Waals surface area (Å²) in [5, 5.41) is 3.32. The van der Waals surface area contributed by atoms with E-state index in [1.807, 2.05) is 0 Å². The minimum absolute atomic E-state index is 0.119. The van der Waals surface area contributed by atoms with Crippen LogP contribution < -0.4 is 5.32 Å². The number of piperidine rings is 1. The Morgan fingerprint density at radius 2 is 1.67 bits per heavy atom. The molecule has 3 heterocycles. The molecule has 3 saturated heterocycles. The maximum absolute atomic E-state index is 12.3. The molecule has 3 aliphatic rings. The summed E-state index contributed by atoms with van der Waals surface area (Å²) >= 11 is 0. The Bertz CT molecular complexity index is 287. The molecule has 1 amide bonds. The third kappa shape index (κ3) is 2.54. The van der Waals surface area contributed by atoms with Crippen LogP contribution in [0.5, 0.6) is 0 Å². The van der Waals surface area contributed by atoms with Crippen LogP contribution in [0.1, 0.15) is 38.5 Å². The summed E-state index contributed by atoms with van der Waals surface area (Å²) in [6, 6.07) is 0.862. The quantitative estimate of drug-likeness (QED) is 0.789. The molecule has 1 N–H and O–H groups in total. The molecule has 0 bridgehead atoms. The van der Waals surface area contributed by atoms with Gasteiger partial charge in [-0.25, -0.2) is 0 Å². The number of carbonyl (C=O) groups excluding carboxylic acids is 1. The summed E-state index contributed by atoms with van der Waals surface area (Å²) < 4.78 is 0. The number of hydrogen-bond donors (Lipinski definition) is 1. The van der Waals surface area contributed by atoms with Crippen LogP contribution in [0.25, 0.3) is 0 Å². The Hall–Kier alpha value is -0.610. The number of amides is 1. The van der Waals surface area contributed by atoms with Crippen LogP contribution in [-0.4, -0.2) is 60.5 Å². The molecule has 0 aromatic rings. The molecule has 0 saturated carbocycles. The van der Waals surface area contributed by atoms with Crippen molar-refractivity contribution >= 4 is 5.91 Å². The minimum Gasteiger partial charge on any atom is -0.341 e. The van der Waals surface area contributed by atoms with Crippen molar-refractivity contribution in [3.63, 3.8) is 0 Å². The highest BCUT2D eigenvalue weighted by atomic mass is 16.2. The fourth-order valence-corrected chi connectivity index (χ4v) is 3.67. The average molecular weight is 251 g/mol. The topological polar surface area (TPSA) is 35.6 Å². The molecule has 1 atom stereocenters. The fourth-order valence-electron chi connectivity index (χ4n) is 3.67. The van der Waals surface area contributed by atoms with Gasteiger partial charge in [-0.3, -0.25) is 4.79 Å². The van der Waals surface area contributed by atoms with Gasteiger partial charge in [0.2, 0.25) is 5.91 Å². The Labute approximate surface area is 110 Å². The standard InChI is InChI=1S/C14H25N3O/c18-14(13-4-3-7-15-13)17-10-5-12(6-11-17)16-8-1-2-9-16/h12-13,15H,1-11H2. The van der Waals surface area contributed by atoms with E-state index in [2.05, 4.69) is 15.1 Å². The molecule has 0 spiro atoms. The molecule has 4 heteroatoms. The second kappa shape index (κ2) is 5.57. The van der Waals surface area contributed by atoms with Crippen LogP contribution in [-0.2, 0) is 4.79 Å². The average Bonchev–Trinajstić information content (AvgIpc) is 3.11. The lowest BCUT2D eigenvalue weighted by Crippen LogP contribution is -2.50. The maximum atomic E-state index is 12.3. The van der Waals surface area contributed by atoms with Crippen LogP contribution >= 0.6 is 0 Å². The summed E-state index contributed by atoms with van der Waals surface area (Å²) in [5.41, 5.74) is 0. The zero-order valence-electron chi connectivity index (χ0n) is 11.2. The predicted molar refractivity (Wildman–Crippen MR) is 71.4 cm³/mol. The molecular weight excluding hydrogens is 226 g/mol. The number of nitrogens with zero attached hydrogens (tertiary/aromatic N) is 2. The number of hydrogen-bond acceptors (Lipinski definition) is 3. The Morgan fingerprint density at radius 1 is 0.944 bits per heavy atom. The monoisotopic (exact) mass is 251 g/mol. The van der Waals surface area contributed by atoms with Gasteiger partial charge in [0.25, 0.3) is 0 Å². The highest BCUT2D eigenvalue weighted by Crippen LogP contribution is 2.22. The first kappa shape index (κ1) is 12.4. The van der Waals surface area contributed by atoms with Crippen LogP contribution in [0.2, 0.25) is 0 Å². The first-order chi connectivity index (χ1) is 8.84. The van der Waals surface area contributed by atoms with E-state index in [-0.39, 0.29) is 6.04 Å². The molecule has 0 radical (unpaired) electrons. The smallest absolute Gasteiger partial charge is 0.239 e. The van der Waals surface area contributed by atoms with Crippen molar-refractivity contribution in [2.45, 2.75) is 50.6 Å². The van der Waals surface area contributed by atoms with Crippen molar-refractivity contribution in [1.29, 1.82) is 0 Å². The van der Waals surface area contributed by atoms with E-state index in [0.29, 0.717) is 5.91 Å². The molecule has 1 unspecified atom stereocenters. The molecule has 3 rings (SSSR count). The number of carbonyl (C=O) groups is 1. The molecule has 0 aromatic heterocycles. The van der Waals surface area contributed by atoms with Gasteiger partial charge in [-0.2, -0.15) is 0 Å². The molecular formula is C14H25N3O. The first-order valence-electron chi connectivity index (χ1n) is 7.61. The van der Waals surface area contributed by atoms with Gasteiger partial charge in [0.05, 0.1) is 6.04 Å². The van der Waals surface area contributed by atoms with Gasteiger partial charge >= 0.3 is 0 Å². The maximum Gasteiger partial charge on any atom is 0.239 e. The molecule has 0 aromatic carbocycles. The third-order valence-corrected chi connectivity index (χ3v) is 4.79. The van der Waals surface area contributed by atoms with Crippen molar-refractivity contribution in [3.8, 4) is 0 Å². The SMILES string of the molecule is O=C(C1CCCN1)N1CCC(N2CCCC2)CC1. The van der Waals surface area contributed by atoms with E-state index in [1.54, 1.807) is 0 Å². The lowest BCUT2D eigenvalue weighted by molar-refractivity contribution is -0.134. The van der Waals surface area contributed by atoms with Gasteiger partial charge in [-0.15, -0.1) is 0 Å². The minimum atomic E-state index is 0.119. The van der Waals surface area contributed by atoms with Crippen LogP contribution in [0.4, 0.5) is 0 Å². The Balaban J connectivity index is 1.48. The number of rotatable bonds is 2. The van der Waals surface area contributed by atoms with Crippen molar-refractivity contribution < 1.29 is 4.79 Å². The second-order valence-corrected chi connectivity index (χ2v) is 5.95. The zero-order chi connectivity index (χ0) is 12.4. The Morgan fingerprint density at radius 3 is 2.28 bits per heavy atom. The van der Waals surface area contributed by atoms with Crippen molar-refractivity contribution in [2.75, 3.05) is 32.7 Å². The van der Waals surface area contributed by atoms with Gasteiger partial charge in [-0.1, -0.05) is 0 Å². The summed E-state index contributed by atoms with van der Waals surface area (Å²) in [6.07, 6.45) is 7.28. The van der Waals surface area contributed by atoms with Crippen molar-refractivity contribution in [2.24, 2.45) is 0 Å². The highest BCUT2D eigenvalue weighted by molar-refractivity contribution is 5.82. The van der Waals surface area contributed by atoms with E-state index in [9.17, 15) is 4.79 Å². The summed E-state index contributed by atoms with van der Waals surface area (Å²) in [6.45, 7) is 5.52.